The number of halogens is 6. The first-order valence-corrected chi connectivity index (χ1v) is 13.3. The van der Waals surface area contributed by atoms with Crippen molar-refractivity contribution in [3.63, 3.8) is 0 Å². The summed E-state index contributed by atoms with van der Waals surface area (Å²) in [7, 11) is 0. The van der Waals surface area contributed by atoms with E-state index in [1.165, 1.54) is 12.4 Å². The molecule has 2 amide bonds. The molecule has 0 spiro atoms. The van der Waals surface area contributed by atoms with Gasteiger partial charge in [0.15, 0.2) is 5.65 Å². The van der Waals surface area contributed by atoms with E-state index in [9.17, 15) is 35.9 Å². The molecule has 3 N–H and O–H groups in total. The lowest BCUT2D eigenvalue weighted by Crippen LogP contribution is -2.40. The molecule has 2 aromatic heterocycles. The second-order valence-electron chi connectivity index (χ2n) is 10.2. The molecule has 1 aliphatic rings. The largest absolute Gasteiger partial charge is 0.416 e. The maximum atomic E-state index is 13.2. The Kier molecular flexibility index (Phi) is 8.05. The van der Waals surface area contributed by atoms with Crippen molar-refractivity contribution < 1.29 is 35.9 Å². The van der Waals surface area contributed by atoms with Crippen LogP contribution < -0.4 is 11.1 Å². The zero-order chi connectivity index (χ0) is 31.8. The summed E-state index contributed by atoms with van der Waals surface area (Å²) >= 11 is 0. The predicted molar refractivity (Wildman–Crippen MR) is 148 cm³/mol. The van der Waals surface area contributed by atoms with E-state index in [0.717, 1.165) is 12.8 Å². The van der Waals surface area contributed by atoms with Crippen molar-refractivity contribution in [1.29, 1.82) is 0 Å². The first-order valence-electron chi connectivity index (χ1n) is 13.3. The number of anilines is 1. The van der Waals surface area contributed by atoms with Crippen molar-refractivity contribution in [3.8, 4) is 11.3 Å². The number of likely N-dealkylation sites (tertiary alicyclic amines) is 1. The lowest BCUT2D eigenvalue weighted by molar-refractivity contribution is -0.143. The maximum absolute atomic E-state index is 13.2. The minimum Gasteiger partial charge on any atom is -0.383 e. The van der Waals surface area contributed by atoms with Gasteiger partial charge in [-0.25, -0.2) is 14.6 Å². The van der Waals surface area contributed by atoms with E-state index in [0.29, 0.717) is 53.1 Å². The molecule has 15 heteroatoms. The normalized spacial score (nSPS) is 15.8. The predicted octanol–water partition coefficient (Wildman–Crippen LogP) is 5.39. The van der Waals surface area contributed by atoms with Crippen LogP contribution >= 0.6 is 0 Å². The highest BCUT2D eigenvalue weighted by molar-refractivity contribution is 5.98. The summed E-state index contributed by atoms with van der Waals surface area (Å²) in [6, 6.07) is 7.14. The number of hydrogen-bond acceptors (Lipinski definition) is 6. The molecule has 1 aliphatic heterocycles. The van der Waals surface area contributed by atoms with Crippen LogP contribution in [-0.4, -0.2) is 49.6 Å². The first kappa shape index (κ1) is 30.5. The van der Waals surface area contributed by atoms with Gasteiger partial charge < -0.3 is 16.0 Å². The Hall–Kier alpha value is -4.95. The number of nitrogen functional groups attached to an aromatic ring is 1. The average molecular weight is 618 g/mol. The fourth-order valence-electron chi connectivity index (χ4n) is 5.09. The number of nitrogens with zero attached hydrogens (tertiary/aromatic N) is 5. The minimum atomic E-state index is -5.07. The standard InChI is InChI=1S/C29H25F6N7O2/c1-2-22(43)41-9-3-4-21(14-41)42-26-23(25(36)38-15-39-26)24(40-42)17-7-5-16(6-8-17)13-37-27(44)18-10-19(28(30,31)32)12-20(11-18)29(33,34)35/h2,5-8,10-12,15,21H,1,3-4,9,13-14H2,(H,37,44)(H2,36,38,39). The van der Waals surface area contributed by atoms with Gasteiger partial charge in [0, 0.05) is 30.8 Å². The highest BCUT2D eigenvalue weighted by atomic mass is 19.4. The van der Waals surface area contributed by atoms with E-state index in [1.807, 2.05) is 0 Å². The van der Waals surface area contributed by atoms with Crippen molar-refractivity contribution in [3.05, 3.63) is 83.7 Å². The number of hydrogen-bond donors (Lipinski definition) is 2. The monoisotopic (exact) mass is 617 g/mol. The molecule has 1 unspecified atom stereocenters. The smallest absolute Gasteiger partial charge is 0.383 e. The Labute approximate surface area is 246 Å². The van der Waals surface area contributed by atoms with Crippen LogP contribution in [0.3, 0.4) is 0 Å². The van der Waals surface area contributed by atoms with Crippen LogP contribution in [0.15, 0.2) is 61.4 Å². The summed E-state index contributed by atoms with van der Waals surface area (Å²) < 4.78 is 80.8. The van der Waals surface area contributed by atoms with Crippen LogP contribution in [0, 0.1) is 0 Å². The van der Waals surface area contributed by atoms with Gasteiger partial charge in [0.25, 0.3) is 5.91 Å². The van der Waals surface area contributed by atoms with Gasteiger partial charge in [-0.05, 0) is 42.7 Å². The van der Waals surface area contributed by atoms with Gasteiger partial charge in [-0.15, -0.1) is 0 Å². The molecule has 4 aromatic rings. The third-order valence-corrected chi connectivity index (χ3v) is 7.28. The van der Waals surface area contributed by atoms with Crippen molar-refractivity contribution in [1.82, 2.24) is 30.0 Å². The molecule has 5 rings (SSSR count). The number of alkyl halides is 6. The van der Waals surface area contributed by atoms with Gasteiger partial charge in [-0.3, -0.25) is 9.59 Å². The van der Waals surface area contributed by atoms with E-state index < -0.39 is 35.0 Å². The van der Waals surface area contributed by atoms with Gasteiger partial charge in [-0.1, -0.05) is 30.8 Å². The van der Waals surface area contributed by atoms with Crippen LogP contribution in [0.25, 0.3) is 22.3 Å². The number of aromatic nitrogens is 4. The molecular weight excluding hydrogens is 592 g/mol. The molecule has 2 aromatic carbocycles. The molecule has 230 valence electrons. The van der Waals surface area contributed by atoms with E-state index in [4.69, 9.17) is 10.8 Å². The summed E-state index contributed by atoms with van der Waals surface area (Å²) in [4.78, 5) is 35.0. The zero-order valence-corrected chi connectivity index (χ0v) is 22.9. The second kappa shape index (κ2) is 11.6. The van der Waals surface area contributed by atoms with E-state index in [-0.39, 0.29) is 30.4 Å². The Bertz CT molecular complexity index is 1700. The second-order valence-corrected chi connectivity index (χ2v) is 10.2. The summed E-state index contributed by atoms with van der Waals surface area (Å²) in [5.74, 6) is -1.09. The third-order valence-electron chi connectivity index (χ3n) is 7.28. The Morgan fingerprint density at radius 3 is 2.30 bits per heavy atom. The fourth-order valence-corrected chi connectivity index (χ4v) is 5.09. The van der Waals surface area contributed by atoms with Gasteiger partial charge in [0.1, 0.15) is 17.8 Å². The molecule has 3 heterocycles. The number of rotatable bonds is 6. The third kappa shape index (κ3) is 6.21. The number of benzene rings is 2. The van der Waals surface area contributed by atoms with Crippen LogP contribution in [0.5, 0.6) is 0 Å². The number of carbonyl (C=O) groups is 2. The number of amides is 2. The molecule has 9 nitrogen and oxygen atoms in total. The van der Waals surface area contributed by atoms with Gasteiger partial charge in [-0.2, -0.15) is 31.4 Å². The Balaban J connectivity index is 1.37. The van der Waals surface area contributed by atoms with Crippen molar-refractivity contribution >= 4 is 28.7 Å². The molecule has 1 fully saturated rings. The van der Waals surface area contributed by atoms with Crippen molar-refractivity contribution in [2.45, 2.75) is 37.8 Å². The summed E-state index contributed by atoms with van der Waals surface area (Å²) in [5.41, 5.74) is 4.38. The van der Waals surface area contributed by atoms with Gasteiger partial charge in [0.05, 0.1) is 22.6 Å². The zero-order valence-electron chi connectivity index (χ0n) is 22.9. The number of fused-ring (bicyclic) bond motifs is 1. The van der Waals surface area contributed by atoms with Gasteiger partial charge in [0.2, 0.25) is 5.91 Å². The highest BCUT2D eigenvalue weighted by Gasteiger charge is 2.37. The number of nitrogens with two attached hydrogens (primary N) is 1. The Morgan fingerprint density at radius 2 is 1.68 bits per heavy atom. The van der Waals surface area contributed by atoms with Crippen molar-refractivity contribution in [2.75, 3.05) is 18.8 Å². The fraction of sp³-hybridized carbons (Fsp3) is 0.276. The average Bonchev–Trinajstić information content (AvgIpc) is 3.39. The summed E-state index contributed by atoms with van der Waals surface area (Å²) in [6.07, 6.45) is -6.06. The van der Waals surface area contributed by atoms with E-state index in [1.54, 1.807) is 33.8 Å². The number of piperidine rings is 1. The summed E-state index contributed by atoms with van der Waals surface area (Å²) in [6.45, 7) is 4.38. The van der Waals surface area contributed by atoms with E-state index in [2.05, 4.69) is 21.9 Å². The molecule has 1 saturated heterocycles. The van der Waals surface area contributed by atoms with Gasteiger partial charge >= 0.3 is 12.4 Å². The molecule has 0 bridgehead atoms. The lowest BCUT2D eigenvalue weighted by atomic mass is 10.0. The first-order chi connectivity index (χ1) is 20.8. The number of carbonyl (C=O) groups excluding carboxylic acids is 2. The molecule has 0 aliphatic carbocycles. The van der Waals surface area contributed by atoms with Crippen molar-refractivity contribution in [2.24, 2.45) is 0 Å². The maximum Gasteiger partial charge on any atom is 0.416 e. The quantitative estimate of drug-likeness (QED) is 0.221. The molecular formula is C29H25F6N7O2. The van der Waals surface area contributed by atoms with Crippen LogP contribution in [0.4, 0.5) is 32.2 Å². The molecule has 44 heavy (non-hydrogen) atoms. The van der Waals surface area contributed by atoms with Crippen LogP contribution in [-0.2, 0) is 23.7 Å². The highest BCUT2D eigenvalue weighted by Crippen LogP contribution is 2.37. The SMILES string of the molecule is C=CC(=O)N1CCCC(n2nc(-c3ccc(CNC(=O)c4cc(C(F)(F)F)cc(C(F)(F)F)c4)cc3)c3c(N)ncnc32)C1. The topological polar surface area (TPSA) is 119 Å². The Morgan fingerprint density at radius 1 is 1.02 bits per heavy atom. The molecule has 1 atom stereocenters. The molecule has 0 radical (unpaired) electrons. The minimum absolute atomic E-state index is 0.0383. The van der Waals surface area contributed by atoms with Crippen LogP contribution in [0.1, 0.15) is 45.9 Å². The molecule has 0 saturated carbocycles. The number of nitrogens with one attached hydrogen (secondary N) is 1. The lowest BCUT2D eigenvalue weighted by Gasteiger charge is -2.32. The van der Waals surface area contributed by atoms with E-state index >= 15 is 0 Å². The van der Waals surface area contributed by atoms with Crippen LogP contribution in [0.2, 0.25) is 0 Å². The summed E-state index contributed by atoms with van der Waals surface area (Å²) in [5, 5.41) is 7.65.